The van der Waals surface area contributed by atoms with Crippen molar-refractivity contribution in [1.82, 2.24) is 24.5 Å². The quantitative estimate of drug-likeness (QED) is 0.273. The highest BCUT2D eigenvalue weighted by molar-refractivity contribution is 6.07. The molecule has 7 heteroatoms. The van der Waals surface area contributed by atoms with Crippen LogP contribution in [0.1, 0.15) is 49.6 Å². The average Bonchev–Trinajstić information content (AvgIpc) is 3.45. The number of aryl methyl sites for hydroxylation is 2. The van der Waals surface area contributed by atoms with E-state index in [4.69, 9.17) is 14.5 Å². The first-order valence-corrected chi connectivity index (χ1v) is 13.4. The highest BCUT2D eigenvalue weighted by atomic mass is 16.5. The van der Waals surface area contributed by atoms with E-state index in [0.29, 0.717) is 5.92 Å². The van der Waals surface area contributed by atoms with Gasteiger partial charge in [-0.3, -0.25) is 4.98 Å². The van der Waals surface area contributed by atoms with Crippen molar-refractivity contribution in [3.8, 4) is 11.3 Å². The summed E-state index contributed by atoms with van der Waals surface area (Å²) in [4.78, 5) is 5.06. The number of aromatic nitrogens is 5. The Morgan fingerprint density at radius 1 is 1.03 bits per heavy atom. The van der Waals surface area contributed by atoms with E-state index < -0.39 is 5.60 Å². The Morgan fingerprint density at radius 2 is 1.79 bits per heavy atom. The van der Waals surface area contributed by atoms with Gasteiger partial charge in [-0.15, -0.1) is 5.10 Å². The van der Waals surface area contributed by atoms with E-state index in [0.717, 1.165) is 65.0 Å². The predicted octanol–water partition coefficient (Wildman–Crippen LogP) is 6.19. The molecular weight excluding hydrogens is 474 g/mol. The molecule has 2 aromatic carbocycles. The van der Waals surface area contributed by atoms with Crippen LogP contribution in [0.15, 0.2) is 60.8 Å². The first-order valence-electron chi connectivity index (χ1n) is 13.4. The molecule has 5 aromatic rings. The molecule has 0 unspecified atom stereocenters. The summed E-state index contributed by atoms with van der Waals surface area (Å²) in [6, 6.07) is 20.0. The SMILES string of the molecule is COC(C)(C)c1ccc2c3ncc(-c4c(C)nnn4C)cc3n([C@H](c3ccccc3)C3CCOCC3)c2c1. The van der Waals surface area contributed by atoms with Crippen molar-refractivity contribution in [2.24, 2.45) is 13.0 Å². The number of nitrogens with zero attached hydrogens (tertiary/aromatic N) is 5. The summed E-state index contributed by atoms with van der Waals surface area (Å²) in [5.74, 6) is 0.438. The van der Waals surface area contributed by atoms with Gasteiger partial charge in [0.1, 0.15) is 0 Å². The number of rotatable bonds is 6. The minimum absolute atomic E-state index is 0.142. The summed E-state index contributed by atoms with van der Waals surface area (Å²) in [6.45, 7) is 7.80. The van der Waals surface area contributed by atoms with Gasteiger partial charge in [-0.1, -0.05) is 47.7 Å². The maximum atomic E-state index is 5.88. The normalized spacial score (nSPS) is 15.9. The topological polar surface area (TPSA) is 67.0 Å². The Hall–Kier alpha value is -3.55. The highest BCUT2D eigenvalue weighted by Gasteiger charge is 2.31. The predicted molar refractivity (Wildman–Crippen MR) is 150 cm³/mol. The smallest absolute Gasteiger partial charge is 0.0960 e. The Morgan fingerprint density at radius 3 is 2.47 bits per heavy atom. The van der Waals surface area contributed by atoms with E-state index in [1.165, 1.54) is 11.1 Å². The van der Waals surface area contributed by atoms with Crippen LogP contribution in [0.3, 0.4) is 0 Å². The maximum Gasteiger partial charge on any atom is 0.0960 e. The molecule has 3 aromatic heterocycles. The molecule has 0 spiro atoms. The first kappa shape index (κ1) is 24.8. The summed E-state index contributed by atoms with van der Waals surface area (Å²) < 4.78 is 16.0. The van der Waals surface area contributed by atoms with E-state index in [2.05, 4.69) is 83.3 Å². The lowest BCUT2D eigenvalue weighted by atomic mass is 9.86. The summed E-state index contributed by atoms with van der Waals surface area (Å²) >= 11 is 0. The summed E-state index contributed by atoms with van der Waals surface area (Å²) in [7, 11) is 3.70. The van der Waals surface area contributed by atoms with Crippen LogP contribution >= 0.6 is 0 Å². The first-order chi connectivity index (χ1) is 18.4. The van der Waals surface area contributed by atoms with Crippen molar-refractivity contribution in [1.29, 1.82) is 0 Å². The highest BCUT2D eigenvalue weighted by Crippen LogP contribution is 2.42. The van der Waals surface area contributed by atoms with Gasteiger partial charge >= 0.3 is 0 Å². The fraction of sp³-hybridized carbons (Fsp3) is 0.387. The van der Waals surface area contributed by atoms with Gasteiger partial charge in [-0.25, -0.2) is 4.68 Å². The van der Waals surface area contributed by atoms with Crippen molar-refractivity contribution in [2.75, 3.05) is 20.3 Å². The maximum absolute atomic E-state index is 5.88. The lowest BCUT2D eigenvalue weighted by Gasteiger charge is -2.33. The molecule has 6 rings (SSSR count). The fourth-order valence-electron chi connectivity index (χ4n) is 6.00. The molecule has 0 bridgehead atoms. The second-order valence-electron chi connectivity index (χ2n) is 10.9. The monoisotopic (exact) mass is 509 g/mol. The number of ether oxygens (including phenoxy) is 2. The van der Waals surface area contributed by atoms with Gasteiger partial charge in [0, 0.05) is 44.5 Å². The van der Waals surface area contributed by atoms with E-state index in [1.54, 1.807) is 7.11 Å². The summed E-state index contributed by atoms with van der Waals surface area (Å²) in [6.07, 6.45) is 3.99. The van der Waals surface area contributed by atoms with Crippen molar-refractivity contribution in [3.05, 3.63) is 77.6 Å². The van der Waals surface area contributed by atoms with Gasteiger partial charge in [-0.2, -0.15) is 0 Å². The van der Waals surface area contributed by atoms with Crippen LogP contribution in [0, 0.1) is 12.8 Å². The molecule has 0 radical (unpaired) electrons. The summed E-state index contributed by atoms with van der Waals surface area (Å²) in [5.41, 5.74) is 8.23. The van der Waals surface area contributed by atoms with Crippen LogP contribution in [0.4, 0.5) is 0 Å². The van der Waals surface area contributed by atoms with Crippen LogP contribution < -0.4 is 0 Å². The van der Waals surface area contributed by atoms with Crippen LogP contribution in [-0.2, 0) is 22.1 Å². The van der Waals surface area contributed by atoms with Crippen molar-refractivity contribution in [2.45, 2.75) is 45.3 Å². The molecule has 0 saturated carbocycles. The van der Waals surface area contributed by atoms with Gasteiger partial charge in [0.15, 0.2) is 0 Å². The van der Waals surface area contributed by atoms with E-state index in [-0.39, 0.29) is 6.04 Å². The molecular formula is C31H35N5O2. The molecule has 4 heterocycles. The Balaban J connectivity index is 1.69. The van der Waals surface area contributed by atoms with Crippen LogP contribution in [0.2, 0.25) is 0 Å². The third kappa shape index (κ3) is 4.10. The largest absolute Gasteiger partial charge is 0.381 e. The molecule has 1 aliphatic heterocycles. The van der Waals surface area contributed by atoms with Crippen molar-refractivity contribution < 1.29 is 9.47 Å². The second-order valence-corrected chi connectivity index (χ2v) is 10.9. The Bertz CT molecular complexity index is 1580. The van der Waals surface area contributed by atoms with Crippen LogP contribution in [0.25, 0.3) is 33.2 Å². The van der Waals surface area contributed by atoms with E-state index in [9.17, 15) is 0 Å². The van der Waals surface area contributed by atoms with Crippen molar-refractivity contribution >= 4 is 21.9 Å². The third-order valence-electron chi connectivity index (χ3n) is 8.25. The van der Waals surface area contributed by atoms with E-state index >= 15 is 0 Å². The lowest BCUT2D eigenvalue weighted by Crippen LogP contribution is -2.27. The van der Waals surface area contributed by atoms with Gasteiger partial charge in [-0.05, 0) is 62.8 Å². The van der Waals surface area contributed by atoms with Gasteiger partial charge in [0.25, 0.3) is 0 Å². The second kappa shape index (κ2) is 9.64. The standard InChI is InChI=1S/C31H35N5O2/c1-20-29(35(4)34-33-20)23-17-27-28(32-19-23)25-12-11-24(31(2,3)37-5)18-26(25)36(27)30(21-9-7-6-8-10-21)22-13-15-38-16-14-22/h6-12,17-19,22,30H,13-16H2,1-5H3/t30-/m1/s1. The number of methoxy groups -OCH3 is 1. The minimum atomic E-state index is -0.410. The molecule has 1 saturated heterocycles. The summed E-state index contributed by atoms with van der Waals surface area (Å²) in [5, 5.41) is 9.69. The lowest BCUT2D eigenvalue weighted by molar-refractivity contribution is 0.0193. The Labute approximate surface area is 223 Å². The van der Waals surface area contributed by atoms with Gasteiger partial charge in [0.2, 0.25) is 0 Å². The van der Waals surface area contributed by atoms with Gasteiger partial charge in [0.05, 0.1) is 39.6 Å². The fourth-order valence-corrected chi connectivity index (χ4v) is 6.00. The number of fused-ring (bicyclic) bond motifs is 3. The number of benzene rings is 2. The molecule has 1 fully saturated rings. The molecule has 38 heavy (non-hydrogen) atoms. The average molecular weight is 510 g/mol. The number of hydrogen-bond donors (Lipinski definition) is 0. The number of pyridine rings is 1. The third-order valence-corrected chi connectivity index (χ3v) is 8.25. The minimum Gasteiger partial charge on any atom is -0.381 e. The number of hydrogen-bond acceptors (Lipinski definition) is 5. The van der Waals surface area contributed by atoms with Crippen LogP contribution in [-0.4, -0.2) is 44.9 Å². The van der Waals surface area contributed by atoms with E-state index in [1.807, 2.05) is 24.9 Å². The zero-order valence-electron chi connectivity index (χ0n) is 22.8. The zero-order chi connectivity index (χ0) is 26.4. The zero-order valence-corrected chi connectivity index (χ0v) is 22.8. The molecule has 196 valence electrons. The molecule has 1 atom stereocenters. The Kier molecular flexibility index (Phi) is 6.28. The molecule has 1 aliphatic rings. The molecule has 0 aliphatic carbocycles. The molecule has 0 amide bonds. The molecule has 7 nitrogen and oxygen atoms in total. The van der Waals surface area contributed by atoms with Gasteiger partial charge < -0.3 is 14.0 Å². The molecule has 0 N–H and O–H groups in total. The van der Waals surface area contributed by atoms with Crippen LogP contribution in [0.5, 0.6) is 0 Å². The van der Waals surface area contributed by atoms with Crippen molar-refractivity contribution in [3.63, 3.8) is 0 Å².